The molecule has 1 aliphatic heterocycles. The fourth-order valence-electron chi connectivity index (χ4n) is 2.63. The van der Waals surface area contributed by atoms with Crippen molar-refractivity contribution >= 4 is 28.8 Å². The van der Waals surface area contributed by atoms with E-state index in [2.05, 4.69) is 10.1 Å². The number of aromatic carboxylic acids is 1. The molecule has 2 aromatic rings. The van der Waals surface area contributed by atoms with Crippen LogP contribution in [-0.4, -0.2) is 44.3 Å². The quantitative estimate of drug-likeness (QED) is 0.873. The minimum atomic E-state index is -0.956. The Labute approximate surface area is 126 Å². The molecule has 3 rings (SSSR count). The third kappa shape index (κ3) is 2.63. The number of carboxylic acids is 1. The van der Waals surface area contributed by atoms with Gasteiger partial charge in [-0.2, -0.15) is 5.10 Å². The average Bonchev–Trinajstić information content (AvgIpc) is 3.05. The molecule has 0 saturated carbocycles. The summed E-state index contributed by atoms with van der Waals surface area (Å²) < 4.78 is 7.30. The molecular formula is C14H17N3O3S. The van der Waals surface area contributed by atoms with Gasteiger partial charge >= 0.3 is 5.97 Å². The van der Waals surface area contributed by atoms with Crippen molar-refractivity contribution in [1.82, 2.24) is 14.8 Å². The molecule has 0 amide bonds. The largest absolute Gasteiger partial charge is 0.478 e. The van der Waals surface area contributed by atoms with E-state index in [1.54, 1.807) is 4.68 Å². The second kappa shape index (κ2) is 5.65. The standard InChI is InChI=1S/C14H17N3O3S/c1-8-11-12(21-7-9-4-3-5-20-9)10(14(18)19)6-15-13(11)17(2)16-8/h6,9H,3-5,7H2,1-2H3,(H,18,19). The van der Waals surface area contributed by atoms with Gasteiger partial charge in [0.25, 0.3) is 0 Å². The van der Waals surface area contributed by atoms with Crippen LogP contribution in [0.2, 0.25) is 0 Å². The van der Waals surface area contributed by atoms with Crippen LogP contribution in [0.25, 0.3) is 11.0 Å². The van der Waals surface area contributed by atoms with Gasteiger partial charge in [0.15, 0.2) is 5.65 Å². The van der Waals surface area contributed by atoms with Crippen molar-refractivity contribution in [3.63, 3.8) is 0 Å². The maximum absolute atomic E-state index is 11.5. The van der Waals surface area contributed by atoms with Gasteiger partial charge in [0.2, 0.25) is 0 Å². The van der Waals surface area contributed by atoms with Crippen LogP contribution in [0.4, 0.5) is 0 Å². The second-order valence-corrected chi connectivity index (χ2v) is 6.19. The number of aromatic nitrogens is 3. The maximum atomic E-state index is 11.5. The summed E-state index contributed by atoms with van der Waals surface area (Å²) >= 11 is 1.53. The summed E-state index contributed by atoms with van der Waals surface area (Å²) in [5.41, 5.74) is 1.76. The number of fused-ring (bicyclic) bond motifs is 1. The zero-order chi connectivity index (χ0) is 15.0. The number of nitrogens with zero attached hydrogens (tertiary/aromatic N) is 3. The fraction of sp³-hybridized carbons (Fsp3) is 0.500. The third-order valence-corrected chi connectivity index (χ3v) is 4.90. The van der Waals surface area contributed by atoms with Crippen molar-refractivity contribution in [1.29, 1.82) is 0 Å². The summed E-state index contributed by atoms with van der Waals surface area (Å²) in [5.74, 6) is -0.198. The van der Waals surface area contributed by atoms with Gasteiger partial charge in [-0.15, -0.1) is 11.8 Å². The van der Waals surface area contributed by atoms with Crippen LogP contribution in [0.15, 0.2) is 11.1 Å². The molecule has 0 radical (unpaired) electrons. The van der Waals surface area contributed by atoms with E-state index in [9.17, 15) is 9.90 Å². The van der Waals surface area contributed by atoms with E-state index in [1.165, 1.54) is 18.0 Å². The Morgan fingerprint density at radius 2 is 2.43 bits per heavy atom. The van der Waals surface area contributed by atoms with Crippen LogP contribution < -0.4 is 0 Å². The smallest absolute Gasteiger partial charge is 0.338 e. The lowest BCUT2D eigenvalue weighted by Crippen LogP contribution is -2.09. The number of carbonyl (C=O) groups is 1. The molecule has 1 N–H and O–H groups in total. The van der Waals surface area contributed by atoms with Crippen molar-refractivity contribution in [2.24, 2.45) is 7.05 Å². The molecule has 1 fully saturated rings. The van der Waals surface area contributed by atoms with E-state index in [0.717, 1.165) is 41.2 Å². The highest BCUT2D eigenvalue weighted by molar-refractivity contribution is 7.99. The van der Waals surface area contributed by atoms with Crippen LogP contribution in [0, 0.1) is 6.92 Å². The van der Waals surface area contributed by atoms with Crippen LogP contribution in [0.1, 0.15) is 28.9 Å². The summed E-state index contributed by atoms with van der Waals surface area (Å²) in [7, 11) is 1.82. The lowest BCUT2D eigenvalue weighted by atomic mass is 10.2. The van der Waals surface area contributed by atoms with Gasteiger partial charge in [-0.05, 0) is 19.8 Å². The number of hydrogen-bond acceptors (Lipinski definition) is 5. The highest BCUT2D eigenvalue weighted by atomic mass is 32.2. The van der Waals surface area contributed by atoms with Gasteiger partial charge < -0.3 is 9.84 Å². The number of pyridine rings is 1. The number of carboxylic acid groups (broad SMARTS) is 1. The second-order valence-electron chi connectivity index (χ2n) is 5.16. The molecule has 0 spiro atoms. The predicted octanol–water partition coefficient (Wildman–Crippen LogP) is 2.25. The predicted molar refractivity (Wildman–Crippen MR) is 79.9 cm³/mol. The molecule has 0 aromatic carbocycles. The van der Waals surface area contributed by atoms with Crippen LogP contribution in [-0.2, 0) is 11.8 Å². The molecule has 1 aliphatic rings. The molecule has 2 aromatic heterocycles. The van der Waals surface area contributed by atoms with Crippen molar-refractivity contribution in [2.45, 2.75) is 30.8 Å². The van der Waals surface area contributed by atoms with Crippen molar-refractivity contribution < 1.29 is 14.6 Å². The van der Waals surface area contributed by atoms with E-state index < -0.39 is 5.97 Å². The highest BCUT2D eigenvalue weighted by Gasteiger charge is 2.22. The first-order valence-electron chi connectivity index (χ1n) is 6.88. The van der Waals surface area contributed by atoms with Gasteiger partial charge in [0.1, 0.15) is 0 Å². The SMILES string of the molecule is Cc1nn(C)c2ncc(C(=O)O)c(SCC3CCCO3)c12. The van der Waals surface area contributed by atoms with E-state index in [0.29, 0.717) is 5.65 Å². The number of hydrogen-bond donors (Lipinski definition) is 1. The van der Waals surface area contributed by atoms with Crippen LogP contribution >= 0.6 is 11.8 Å². The highest BCUT2D eigenvalue weighted by Crippen LogP contribution is 2.34. The molecule has 3 heterocycles. The van der Waals surface area contributed by atoms with Crippen LogP contribution in [0.3, 0.4) is 0 Å². The lowest BCUT2D eigenvalue weighted by molar-refractivity contribution is 0.0693. The molecule has 21 heavy (non-hydrogen) atoms. The summed E-state index contributed by atoms with van der Waals surface area (Å²) in [6.45, 7) is 2.68. The maximum Gasteiger partial charge on any atom is 0.338 e. The van der Waals surface area contributed by atoms with Crippen molar-refractivity contribution in [2.75, 3.05) is 12.4 Å². The molecule has 1 atom stereocenters. The Morgan fingerprint density at radius 1 is 1.62 bits per heavy atom. The van der Waals surface area contributed by atoms with E-state index in [1.807, 2.05) is 14.0 Å². The summed E-state index contributed by atoms with van der Waals surface area (Å²) in [5, 5.41) is 14.6. The monoisotopic (exact) mass is 307 g/mol. The Hall–Kier alpha value is -1.60. The minimum absolute atomic E-state index is 0.205. The zero-order valence-electron chi connectivity index (χ0n) is 12.0. The van der Waals surface area contributed by atoms with Gasteiger partial charge in [-0.3, -0.25) is 4.68 Å². The topological polar surface area (TPSA) is 77.2 Å². The Morgan fingerprint density at radius 3 is 3.10 bits per heavy atom. The molecule has 0 aliphatic carbocycles. The number of rotatable bonds is 4. The summed E-state index contributed by atoms with van der Waals surface area (Å²) in [4.78, 5) is 16.5. The van der Waals surface area contributed by atoms with Gasteiger partial charge in [-0.1, -0.05) is 0 Å². The first-order valence-corrected chi connectivity index (χ1v) is 7.86. The fourth-order valence-corrected chi connectivity index (χ4v) is 3.93. The molecule has 112 valence electrons. The van der Waals surface area contributed by atoms with E-state index in [-0.39, 0.29) is 11.7 Å². The zero-order valence-corrected chi connectivity index (χ0v) is 12.8. The van der Waals surface area contributed by atoms with E-state index in [4.69, 9.17) is 4.74 Å². The van der Waals surface area contributed by atoms with Gasteiger partial charge in [0, 0.05) is 30.5 Å². The molecule has 6 nitrogen and oxygen atoms in total. The first kappa shape index (κ1) is 14.3. The number of thioether (sulfide) groups is 1. The lowest BCUT2D eigenvalue weighted by Gasteiger charge is -2.11. The molecule has 0 bridgehead atoms. The number of ether oxygens (including phenoxy) is 1. The summed E-state index contributed by atoms with van der Waals surface area (Å²) in [6, 6.07) is 0. The molecule has 1 saturated heterocycles. The minimum Gasteiger partial charge on any atom is -0.478 e. The molecule has 1 unspecified atom stereocenters. The average molecular weight is 307 g/mol. The third-order valence-electron chi connectivity index (χ3n) is 3.65. The number of aryl methyl sites for hydroxylation is 2. The molecular weight excluding hydrogens is 290 g/mol. The van der Waals surface area contributed by atoms with Gasteiger partial charge in [-0.25, -0.2) is 9.78 Å². The first-order chi connectivity index (χ1) is 10.1. The normalized spacial score (nSPS) is 18.5. The Balaban J connectivity index is 2.03. The van der Waals surface area contributed by atoms with Crippen LogP contribution in [0.5, 0.6) is 0 Å². The molecule has 7 heteroatoms. The van der Waals surface area contributed by atoms with Crippen molar-refractivity contribution in [3.05, 3.63) is 17.5 Å². The van der Waals surface area contributed by atoms with Gasteiger partial charge in [0.05, 0.1) is 22.7 Å². The van der Waals surface area contributed by atoms with Crippen molar-refractivity contribution in [3.8, 4) is 0 Å². The Kier molecular flexibility index (Phi) is 3.86. The summed E-state index contributed by atoms with van der Waals surface area (Å²) in [6.07, 6.45) is 3.74. The Bertz CT molecular complexity index is 692. The van der Waals surface area contributed by atoms with E-state index >= 15 is 0 Å².